The van der Waals surface area contributed by atoms with Gasteiger partial charge in [-0.25, -0.2) is 4.39 Å². The summed E-state index contributed by atoms with van der Waals surface area (Å²) in [5.74, 6) is 0.404. The summed E-state index contributed by atoms with van der Waals surface area (Å²) in [6.45, 7) is 8.61. The van der Waals surface area contributed by atoms with Crippen molar-refractivity contribution in [2.45, 2.75) is 40.0 Å². The van der Waals surface area contributed by atoms with E-state index in [1.165, 1.54) is 6.07 Å². The van der Waals surface area contributed by atoms with E-state index in [9.17, 15) is 4.39 Å². The van der Waals surface area contributed by atoms with Gasteiger partial charge in [-0.15, -0.1) is 0 Å². The quantitative estimate of drug-likeness (QED) is 0.723. The third-order valence-electron chi connectivity index (χ3n) is 3.36. The fourth-order valence-corrected chi connectivity index (χ4v) is 2.02. The minimum atomic E-state index is -0.170. The van der Waals surface area contributed by atoms with Crippen molar-refractivity contribution >= 4 is 0 Å². The zero-order chi connectivity index (χ0) is 14.3. The number of aryl methyl sites for hydroxylation is 1. The van der Waals surface area contributed by atoms with Crippen LogP contribution in [0.15, 0.2) is 18.2 Å². The monoisotopic (exact) mass is 267 g/mol. The van der Waals surface area contributed by atoms with Gasteiger partial charge in [0.25, 0.3) is 0 Å². The van der Waals surface area contributed by atoms with Crippen LogP contribution in [0.5, 0.6) is 5.75 Å². The number of hydrogen-bond donors (Lipinski definition) is 1. The number of nitrogens with one attached hydrogen (secondary N) is 1. The standard InChI is InChI=1S/C16H26FNO/c1-5-10-18-12-16(2,3)9-8-13-6-7-14(19-4)11-15(13)17/h6-7,11,18H,5,8-10,12H2,1-4H3. The van der Waals surface area contributed by atoms with Crippen LogP contribution >= 0.6 is 0 Å². The van der Waals surface area contributed by atoms with Crippen molar-refractivity contribution in [1.29, 1.82) is 0 Å². The van der Waals surface area contributed by atoms with Crippen LogP contribution < -0.4 is 10.1 Å². The summed E-state index contributed by atoms with van der Waals surface area (Å²) < 4.78 is 18.8. The first-order chi connectivity index (χ1) is 8.98. The SMILES string of the molecule is CCCNCC(C)(C)CCc1ccc(OC)cc1F. The molecule has 19 heavy (non-hydrogen) atoms. The lowest BCUT2D eigenvalue weighted by atomic mass is 9.86. The molecule has 0 radical (unpaired) electrons. The number of ether oxygens (including phenoxy) is 1. The van der Waals surface area contributed by atoms with Gasteiger partial charge in [-0.1, -0.05) is 26.8 Å². The van der Waals surface area contributed by atoms with Gasteiger partial charge in [0.05, 0.1) is 7.11 Å². The molecule has 0 amide bonds. The molecule has 1 N–H and O–H groups in total. The highest BCUT2D eigenvalue weighted by atomic mass is 19.1. The molecule has 0 atom stereocenters. The molecule has 1 aromatic carbocycles. The van der Waals surface area contributed by atoms with E-state index in [2.05, 4.69) is 26.1 Å². The lowest BCUT2D eigenvalue weighted by Crippen LogP contribution is -2.30. The van der Waals surface area contributed by atoms with Crippen molar-refractivity contribution in [2.75, 3.05) is 20.2 Å². The predicted molar refractivity (Wildman–Crippen MR) is 78.2 cm³/mol. The molecule has 2 nitrogen and oxygen atoms in total. The van der Waals surface area contributed by atoms with Crippen LogP contribution in [0.4, 0.5) is 4.39 Å². The van der Waals surface area contributed by atoms with Gasteiger partial charge < -0.3 is 10.1 Å². The molecule has 0 aliphatic carbocycles. The molecule has 0 saturated heterocycles. The number of benzene rings is 1. The van der Waals surface area contributed by atoms with Crippen molar-refractivity contribution in [3.63, 3.8) is 0 Å². The van der Waals surface area contributed by atoms with E-state index in [0.717, 1.165) is 37.9 Å². The third kappa shape index (κ3) is 5.60. The van der Waals surface area contributed by atoms with Gasteiger partial charge in [-0.3, -0.25) is 0 Å². The Hall–Kier alpha value is -1.09. The average Bonchev–Trinajstić information content (AvgIpc) is 2.37. The molecule has 0 aromatic heterocycles. The fraction of sp³-hybridized carbons (Fsp3) is 0.625. The average molecular weight is 267 g/mol. The maximum absolute atomic E-state index is 13.8. The maximum atomic E-state index is 13.8. The molecular formula is C16H26FNO. The highest BCUT2D eigenvalue weighted by Gasteiger charge is 2.18. The summed E-state index contributed by atoms with van der Waals surface area (Å²) in [5.41, 5.74) is 0.950. The van der Waals surface area contributed by atoms with Gasteiger partial charge in [0, 0.05) is 12.6 Å². The molecule has 0 unspecified atom stereocenters. The number of methoxy groups -OCH3 is 1. The van der Waals surface area contributed by atoms with E-state index in [0.29, 0.717) is 5.75 Å². The largest absolute Gasteiger partial charge is 0.497 e. The molecule has 0 aliphatic heterocycles. The minimum Gasteiger partial charge on any atom is -0.497 e. The zero-order valence-electron chi connectivity index (χ0n) is 12.6. The van der Waals surface area contributed by atoms with Gasteiger partial charge in [0.15, 0.2) is 0 Å². The van der Waals surface area contributed by atoms with Gasteiger partial charge in [-0.2, -0.15) is 0 Å². The van der Waals surface area contributed by atoms with Crippen molar-refractivity contribution in [3.05, 3.63) is 29.6 Å². The molecule has 0 spiro atoms. The Morgan fingerprint density at radius 2 is 2.05 bits per heavy atom. The van der Waals surface area contributed by atoms with Crippen LogP contribution in [0.25, 0.3) is 0 Å². The first-order valence-corrected chi connectivity index (χ1v) is 7.01. The van der Waals surface area contributed by atoms with Crippen molar-refractivity contribution in [3.8, 4) is 5.75 Å². The topological polar surface area (TPSA) is 21.3 Å². The van der Waals surface area contributed by atoms with Crippen LogP contribution in [-0.4, -0.2) is 20.2 Å². The Balaban J connectivity index is 2.51. The van der Waals surface area contributed by atoms with Gasteiger partial charge in [0.1, 0.15) is 11.6 Å². The first kappa shape index (κ1) is 16.0. The summed E-state index contributed by atoms with van der Waals surface area (Å²) in [5, 5.41) is 3.43. The Kier molecular flexibility index (Phi) is 6.29. The van der Waals surface area contributed by atoms with Gasteiger partial charge in [-0.05, 0) is 42.9 Å². The Morgan fingerprint density at radius 1 is 1.32 bits per heavy atom. The van der Waals surface area contributed by atoms with Crippen molar-refractivity contribution in [1.82, 2.24) is 5.32 Å². The Morgan fingerprint density at radius 3 is 2.63 bits per heavy atom. The molecule has 1 aromatic rings. The van der Waals surface area contributed by atoms with E-state index in [1.807, 2.05) is 12.1 Å². The summed E-state index contributed by atoms with van der Waals surface area (Å²) in [6.07, 6.45) is 2.87. The number of rotatable bonds is 8. The second-order valence-corrected chi connectivity index (χ2v) is 5.80. The van der Waals surface area contributed by atoms with Gasteiger partial charge >= 0.3 is 0 Å². The van der Waals surface area contributed by atoms with Crippen LogP contribution in [-0.2, 0) is 6.42 Å². The lowest BCUT2D eigenvalue weighted by molar-refractivity contribution is 0.313. The molecule has 0 aliphatic rings. The third-order valence-corrected chi connectivity index (χ3v) is 3.36. The Bertz CT molecular complexity index is 390. The van der Waals surface area contributed by atoms with E-state index < -0.39 is 0 Å². The highest BCUT2D eigenvalue weighted by Crippen LogP contribution is 2.24. The lowest BCUT2D eigenvalue weighted by Gasteiger charge is -2.25. The molecule has 0 fully saturated rings. The summed E-state index contributed by atoms with van der Waals surface area (Å²) in [4.78, 5) is 0. The van der Waals surface area contributed by atoms with Crippen LogP contribution in [0.1, 0.15) is 39.2 Å². The molecule has 0 heterocycles. The molecular weight excluding hydrogens is 241 g/mol. The predicted octanol–water partition coefficient (Wildman–Crippen LogP) is 3.79. The number of halogens is 1. The fourth-order valence-electron chi connectivity index (χ4n) is 2.02. The molecule has 108 valence electrons. The summed E-state index contributed by atoms with van der Waals surface area (Å²) in [6, 6.07) is 5.10. The normalized spacial score (nSPS) is 11.6. The summed E-state index contributed by atoms with van der Waals surface area (Å²) >= 11 is 0. The molecule has 0 bridgehead atoms. The van der Waals surface area contributed by atoms with E-state index in [1.54, 1.807) is 7.11 Å². The number of hydrogen-bond acceptors (Lipinski definition) is 2. The van der Waals surface area contributed by atoms with Crippen molar-refractivity contribution < 1.29 is 9.13 Å². The van der Waals surface area contributed by atoms with E-state index in [-0.39, 0.29) is 11.2 Å². The second kappa shape index (κ2) is 7.49. The smallest absolute Gasteiger partial charge is 0.130 e. The minimum absolute atomic E-state index is 0.170. The van der Waals surface area contributed by atoms with Crippen LogP contribution in [0.3, 0.4) is 0 Å². The zero-order valence-corrected chi connectivity index (χ0v) is 12.6. The first-order valence-electron chi connectivity index (χ1n) is 7.01. The highest BCUT2D eigenvalue weighted by molar-refractivity contribution is 5.29. The van der Waals surface area contributed by atoms with Crippen molar-refractivity contribution in [2.24, 2.45) is 5.41 Å². The Labute approximate surface area is 116 Å². The van der Waals surface area contributed by atoms with E-state index >= 15 is 0 Å². The molecule has 0 saturated carbocycles. The second-order valence-electron chi connectivity index (χ2n) is 5.80. The van der Waals surface area contributed by atoms with Crippen LogP contribution in [0, 0.1) is 11.2 Å². The van der Waals surface area contributed by atoms with Crippen LogP contribution in [0.2, 0.25) is 0 Å². The molecule has 3 heteroatoms. The van der Waals surface area contributed by atoms with E-state index in [4.69, 9.17) is 4.74 Å². The maximum Gasteiger partial charge on any atom is 0.130 e. The molecule has 1 rings (SSSR count). The summed E-state index contributed by atoms with van der Waals surface area (Å²) in [7, 11) is 1.55. The van der Waals surface area contributed by atoms with Gasteiger partial charge in [0.2, 0.25) is 0 Å².